The second kappa shape index (κ2) is 8.49. The van der Waals surface area contributed by atoms with Crippen molar-refractivity contribution in [1.29, 1.82) is 0 Å². The minimum Gasteiger partial charge on any atom is -0.457 e. The fourth-order valence-electron chi connectivity index (χ4n) is 3.59. The lowest BCUT2D eigenvalue weighted by atomic mass is 10.0. The predicted octanol–water partition coefficient (Wildman–Crippen LogP) is 6.79. The van der Waals surface area contributed by atoms with Crippen molar-refractivity contribution in [3.63, 3.8) is 0 Å². The summed E-state index contributed by atoms with van der Waals surface area (Å²) in [6, 6.07) is 12.2. The highest BCUT2D eigenvalue weighted by Crippen LogP contribution is 2.32. The van der Waals surface area contributed by atoms with E-state index in [4.69, 9.17) is 9.26 Å². The number of ether oxygens (including phenoxy) is 1. The molecule has 0 atom stereocenters. The summed E-state index contributed by atoms with van der Waals surface area (Å²) in [6.45, 7) is 5.69. The highest BCUT2D eigenvalue weighted by molar-refractivity contribution is 5.57. The van der Waals surface area contributed by atoms with E-state index in [0.29, 0.717) is 11.5 Å². The van der Waals surface area contributed by atoms with Gasteiger partial charge in [-0.15, -0.1) is 0 Å². The standard InChI is InChI=1S/C24H23F3N2O2/c1-16-17(2)28-31-23(16)29-12-10-18(11-13-29)14-19-4-3-5-22(15-19)30-21-8-6-20(7-9-21)24(25,26)27/h3-9,14-15H,10-13H2,1-2H3. The summed E-state index contributed by atoms with van der Waals surface area (Å²) in [6.07, 6.45) is -0.368. The van der Waals surface area contributed by atoms with Gasteiger partial charge in [0.25, 0.3) is 0 Å². The molecule has 2 heterocycles. The number of aryl methyl sites for hydroxylation is 1. The number of benzene rings is 2. The Hall–Kier alpha value is -3.22. The molecule has 0 radical (unpaired) electrons. The van der Waals surface area contributed by atoms with Crippen LogP contribution in [0, 0.1) is 13.8 Å². The first kappa shape index (κ1) is 21.0. The lowest BCUT2D eigenvalue weighted by Gasteiger charge is -2.28. The Morgan fingerprint density at radius 2 is 1.71 bits per heavy atom. The molecule has 162 valence electrons. The zero-order chi connectivity index (χ0) is 22.0. The molecule has 4 nitrogen and oxygen atoms in total. The van der Waals surface area contributed by atoms with Gasteiger partial charge in [-0.3, -0.25) is 0 Å². The number of hydrogen-bond acceptors (Lipinski definition) is 4. The van der Waals surface area contributed by atoms with Crippen molar-refractivity contribution in [3.8, 4) is 11.5 Å². The van der Waals surface area contributed by atoms with Crippen molar-refractivity contribution in [2.75, 3.05) is 18.0 Å². The Balaban J connectivity index is 1.41. The minimum absolute atomic E-state index is 0.365. The topological polar surface area (TPSA) is 38.5 Å². The molecule has 1 aromatic heterocycles. The SMILES string of the molecule is Cc1noc(N2CCC(=Cc3cccc(Oc4ccc(C(F)(F)F)cc4)c3)CC2)c1C. The smallest absolute Gasteiger partial charge is 0.416 e. The highest BCUT2D eigenvalue weighted by Gasteiger charge is 2.30. The van der Waals surface area contributed by atoms with E-state index >= 15 is 0 Å². The average Bonchev–Trinajstić information content (AvgIpc) is 3.07. The summed E-state index contributed by atoms with van der Waals surface area (Å²) < 4.78 is 49.3. The Bertz CT molecular complexity index is 1070. The van der Waals surface area contributed by atoms with Gasteiger partial charge in [0.2, 0.25) is 5.88 Å². The number of alkyl halides is 3. The van der Waals surface area contributed by atoms with Gasteiger partial charge in [-0.25, -0.2) is 0 Å². The monoisotopic (exact) mass is 428 g/mol. The first-order valence-electron chi connectivity index (χ1n) is 10.1. The van der Waals surface area contributed by atoms with Gasteiger partial charge in [0, 0.05) is 18.7 Å². The molecule has 4 rings (SSSR count). The third-order valence-electron chi connectivity index (χ3n) is 5.47. The highest BCUT2D eigenvalue weighted by atomic mass is 19.4. The van der Waals surface area contributed by atoms with Crippen LogP contribution in [0.15, 0.2) is 58.6 Å². The first-order valence-corrected chi connectivity index (χ1v) is 10.1. The van der Waals surface area contributed by atoms with Crippen LogP contribution in [0.4, 0.5) is 19.1 Å². The largest absolute Gasteiger partial charge is 0.457 e. The van der Waals surface area contributed by atoms with Crippen LogP contribution in [0.25, 0.3) is 6.08 Å². The van der Waals surface area contributed by atoms with E-state index < -0.39 is 11.7 Å². The quantitative estimate of drug-likeness (QED) is 0.459. The average molecular weight is 428 g/mol. The fraction of sp³-hybridized carbons (Fsp3) is 0.292. The van der Waals surface area contributed by atoms with Crippen molar-refractivity contribution in [2.45, 2.75) is 32.9 Å². The van der Waals surface area contributed by atoms with Crippen LogP contribution < -0.4 is 9.64 Å². The van der Waals surface area contributed by atoms with Gasteiger partial charge in [-0.1, -0.05) is 28.9 Å². The fourth-order valence-corrected chi connectivity index (χ4v) is 3.59. The number of rotatable bonds is 4. The second-order valence-corrected chi connectivity index (χ2v) is 7.68. The summed E-state index contributed by atoms with van der Waals surface area (Å²) in [5, 5.41) is 4.04. The zero-order valence-electron chi connectivity index (χ0n) is 17.4. The van der Waals surface area contributed by atoms with Gasteiger partial charge in [0.15, 0.2) is 0 Å². The maximum absolute atomic E-state index is 12.7. The lowest BCUT2D eigenvalue weighted by molar-refractivity contribution is -0.137. The molecule has 31 heavy (non-hydrogen) atoms. The van der Waals surface area contributed by atoms with Gasteiger partial charge < -0.3 is 14.2 Å². The molecule has 1 aliphatic heterocycles. The third-order valence-corrected chi connectivity index (χ3v) is 5.47. The van der Waals surface area contributed by atoms with Crippen molar-refractivity contribution in [1.82, 2.24) is 5.16 Å². The summed E-state index contributed by atoms with van der Waals surface area (Å²) in [7, 11) is 0. The van der Waals surface area contributed by atoms with Crippen LogP contribution in [-0.2, 0) is 6.18 Å². The molecule has 0 spiro atoms. The summed E-state index contributed by atoms with van der Waals surface area (Å²) >= 11 is 0. The zero-order valence-corrected chi connectivity index (χ0v) is 17.4. The van der Waals surface area contributed by atoms with E-state index in [0.717, 1.165) is 60.8 Å². The molecule has 0 amide bonds. The third kappa shape index (κ3) is 4.93. The summed E-state index contributed by atoms with van der Waals surface area (Å²) in [4.78, 5) is 2.22. The molecule has 1 fully saturated rings. The predicted molar refractivity (Wildman–Crippen MR) is 113 cm³/mol. The first-order chi connectivity index (χ1) is 14.8. The second-order valence-electron chi connectivity index (χ2n) is 7.68. The molecule has 2 aromatic carbocycles. The van der Waals surface area contributed by atoms with Gasteiger partial charge in [-0.2, -0.15) is 13.2 Å². The molecular formula is C24H23F3N2O2. The number of nitrogens with zero attached hydrogens (tertiary/aromatic N) is 2. The Morgan fingerprint density at radius 3 is 2.32 bits per heavy atom. The van der Waals surface area contributed by atoms with E-state index in [1.54, 1.807) is 6.07 Å². The number of aromatic nitrogens is 1. The molecule has 0 bridgehead atoms. The van der Waals surface area contributed by atoms with Crippen molar-refractivity contribution in [3.05, 3.63) is 76.5 Å². The maximum atomic E-state index is 12.7. The van der Waals surface area contributed by atoms with Crippen molar-refractivity contribution >= 4 is 12.0 Å². The van der Waals surface area contributed by atoms with E-state index in [-0.39, 0.29) is 0 Å². The Kier molecular flexibility index (Phi) is 5.76. The Morgan fingerprint density at radius 1 is 1.00 bits per heavy atom. The number of piperidine rings is 1. The van der Waals surface area contributed by atoms with E-state index in [2.05, 4.69) is 16.1 Å². The molecule has 3 aromatic rings. The van der Waals surface area contributed by atoms with Gasteiger partial charge in [0.05, 0.1) is 11.3 Å². The van der Waals surface area contributed by atoms with E-state index in [1.807, 2.05) is 32.0 Å². The van der Waals surface area contributed by atoms with Crippen LogP contribution in [-0.4, -0.2) is 18.2 Å². The van der Waals surface area contributed by atoms with E-state index in [1.165, 1.54) is 17.7 Å². The molecule has 0 aliphatic carbocycles. The van der Waals surface area contributed by atoms with E-state index in [9.17, 15) is 13.2 Å². The van der Waals surface area contributed by atoms with Gasteiger partial charge >= 0.3 is 6.18 Å². The molecule has 1 saturated heterocycles. The van der Waals surface area contributed by atoms with Gasteiger partial charge in [0.1, 0.15) is 11.5 Å². The summed E-state index contributed by atoms with van der Waals surface area (Å²) in [5.74, 6) is 1.80. The molecule has 0 N–H and O–H groups in total. The van der Waals surface area contributed by atoms with Crippen LogP contribution in [0.2, 0.25) is 0 Å². The number of halogens is 3. The molecule has 0 saturated carbocycles. The van der Waals surface area contributed by atoms with Crippen LogP contribution >= 0.6 is 0 Å². The number of anilines is 1. The molecule has 1 aliphatic rings. The molecule has 0 unspecified atom stereocenters. The van der Waals surface area contributed by atoms with Gasteiger partial charge in [-0.05, 0) is 68.7 Å². The molecule has 7 heteroatoms. The normalized spacial score (nSPS) is 14.6. The number of hydrogen-bond donors (Lipinski definition) is 0. The van der Waals surface area contributed by atoms with Crippen molar-refractivity contribution < 1.29 is 22.4 Å². The van der Waals surface area contributed by atoms with Crippen LogP contribution in [0.5, 0.6) is 11.5 Å². The molecular weight excluding hydrogens is 405 g/mol. The maximum Gasteiger partial charge on any atom is 0.416 e. The van der Waals surface area contributed by atoms with Crippen molar-refractivity contribution in [2.24, 2.45) is 0 Å². The minimum atomic E-state index is -4.36. The Labute approximate surface area is 178 Å². The summed E-state index contributed by atoms with van der Waals surface area (Å²) in [5.41, 5.74) is 3.64. The lowest BCUT2D eigenvalue weighted by Crippen LogP contribution is -2.30. The van der Waals surface area contributed by atoms with Crippen LogP contribution in [0.3, 0.4) is 0 Å². The van der Waals surface area contributed by atoms with Crippen LogP contribution in [0.1, 0.15) is 35.2 Å².